The third-order valence-electron chi connectivity index (χ3n) is 4.77. The van der Waals surface area contributed by atoms with Crippen LogP contribution in [0, 0.1) is 5.92 Å². The van der Waals surface area contributed by atoms with Crippen LogP contribution < -0.4 is 4.72 Å². The number of hydrogen-bond donors (Lipinski definition) is 2. The minimum Gasteiger partial charge on any atom is -0.390 e. The lowest BCUT2D eigenvalue weighted by Crippen LogP contribution is -2.41. The second-order valence-electron chi connectivity index (χ2n) is 7.32. The topological polar surface area (TPSA) is 69.6 Å². The van der Waals surface area contributed by atoms with E-state index in [9.17, 15) is 39.9 Å². The van der Waals surface area contributed by atoms with Gasteiger partial charge in [0.25, 0.3) is 0 Å². The molecule has 0 aliphatic carbocycles. The van der Waals surface area contributed by atoms with Crippen LogP contribution in [0.25, 0.3) is 0 Å². The van der Waals surface area contributed by atoms with E-state index in [1.807, 2.05) is 18.7 Å². The Bertz CT molecular complexity index is 825. The van der Waals surface area contributed by atoms with Crippen LogP contribution in [0.1, 0.15) is 31.4 Å². The van der Waals surface area contributed by atoms with Crippen molar-refractivity contribution in [2.45, 2.75) is 49.7 Å². The molecule has 2 unspecified atom stereocenters. The highest BCUT2D eigenvalue weighted by molar-refractivity contribution is 7.89. The Morgan fingerprint density at radius 3 is 2.28 bits per heavy atom. The fourth-order valence-electron chi connectivity index (χ4n) is 3.54. The third kappa shape index (κ3) is 5.83. The highest BCUT2D eigenvalue weighted by Gasteiger charge is 2.46. The van der Waals surface area contributed by atoms with E-state index >= 15 is 0 Å². The number of hydrogen-bond acceptors (Lipinski definition) is 4. The van der Waals surface area contributed by atoms with Crippen molar-refractivity contribution in [3.8, 4) is 0 Å². The second-order valence-corrected chi connectivity index (χ2v) is 9.06. The number of rotatable bonds is 6. The highest BCUT2D eigenvalue weighted by atomic mass is 32.2. The number of alkyl halides is 6. The minimum absolute atomic E-state index is 0.0861. The number of halogens is 6. The maximum atomic E-state index is 13.3. The van der Waals surface area contributed by atoms with E-state index in [1.165, 1.54) is 0 Å². The summed E-state index contributed by atoms with van der Waals surface area (Å²) in [5.74, 6) is 0.383. The van der Waals surface area contributed by atoms with Crippen LogP contribution in [-0.2, 0) is 22.4 Å². The normalized spacial score (nSPS) is 22.8. The monoisotopic (exact) mass is 448 g/mol. The highest BCUT2D eigenvalue weighted by Crippen LogP contribution is 2.43. The van der Waals surface area contributed by atoms with E-state index in [4.69, 9.17) is 0 Å². The van der Waals surface area contributed by atoms with Crippen LogP contribution in [0.2, 0.25) is 0 Å². The van der Waals surface area contributed by atoms with Crippen molar-refractivity contribution in [3.63, 3.8) is 0 Å². The van der Waals surface area contributed by atoms with E-state index in [0.717, 1.165) is 6.42 Å². The minimum atomic E-state index is -5.55. The van der Waals surface area contributed by atoms with Crippen LogP contribution >= 0.6 is 0 Å². The summed E-state index contributed by atoms with van der Waals surface area (Å²) in [7, 11) is -4.96. The molecule has 2 rings (SSSR count). The van der Waals surface area contributed by atoms with Gasteiger partial charge in [0.1, 0.15) is 0 Å². The first kappa shape index (κ1) is 23.9. The second kappa shape index (κ2) is 8.40. The van der Waals surface area contributed by atoms with Gasteiger partial charge >= 0.3 is 12.4 Å². The first-order valence-electron chi connectivity index (χ1n) is 8.82. The Morgan fingerprint density at radius 2 is 1.79 bits per heavy atom. The molecule has 1 fully saturated rings. The van der Waals surface area contributed by atoms with Crippen molar-refractivity contribution in [3.05, 3.63) is 29.3 Å². The molecule has 1 aromatic rings. The Hall–Kier alpha value is -1.37. The first-order valence-corrected chi connectivity index (χ1v) is 10.3. The molecular weight excluding hydrogens is 426 g/mol. The lowest BCUT2D eigenvalue weighted by Gasteiger charge is -2.24. The molecule has 12 heteroatoms. The van der Waals surface area contributed by atoms with Crippen molar-refractivity contribution in [1.82, 2.24) is 9.62 Å². The Kier molecular flexibility index (Phi) is 6.93. The zero-order valence-corrected chi connectivity index (χ0v) is 16.5. The van der Waals surface area contributed by atoms with Gasteiger partial charge in [0, 0.05) is 25.7 Å². The summed E-state index contributed by atoms with van der Waals surface area (Å²) in [5, 5.41) is 10.1. The number of likely N-dealkylation sites (tertiary alicyclic amines) is 1. The molecule has 1 aliphatic heterocycles. The quantitative estimate of drug-likeness (QED) is 0.657. The molecule has 0 saturated carbocycles. The SMILES string of the molecule is CC1CC(C)N(C[C@@H](O)CNS(=O)(=O)c2cccc(C(F)(F)F)c2C(F)(F)F)C1. The smallest absolute Gasteiger partial charge is 0.390 e. The fourth-order valence-corrected chi connectivity index (χ4v) is 4.86. The molecule has 1 saturated heterocycles. The molecule has 3 atom stereocenters. The standard InChI is InChI=1S/C17H22F6N2O3S/c1-10-6-11(2)25(8-10)9-12(26)7-24-29(27,28)14-5-3-4-13(16(18,19)20)15(14)17(21,22)23/h3-5,10-12,24,26H,6-9H2,1-2H3/t10?,11?,12-/m0/s1. The van der Waals surface area contributed by atoms with Gasteiger partial charge in [-0.1, -0.05) is 13.0 Å². The van der Waals surface area contributed by atoms with E-state index in [-0.39, 0.29) is 18.7 Å². The third-order valence-corrected chi connectivity index (χ3v) is 6.24. The van der Waals surface area contributed by atoms with Gasteiger partial charge in [0.2, 0.25) is 10.0 Å². The number of nitrogens with zero attached hydrogens (tertiary/aromatic N) is 1. The summed E-state index contributed by atoms with van der Waals surface area (Å²) >= 11 is 0. The maximum Gasteiger partial charge on any atom is 0.418 e. The van der Waals surface area contributed by atoms with Crippen molar-refractivity contribution in [2.75, 3.05) is 19.6 Å². The Morgan fingerprint density at radius 1 is 1.17 bits per heavy atom. The molecule has 166 valence electrons. The van der Waals surface area contributed by atoms with Gasteiger partial charge in [-0.15, -0.1) is 0 Å². The molecule has 0 aromatic heterocycles. The van der Waals surface area contributed by atoms with Crippen LogP contribution in [0.15, 0.2) is 23.1 Å². The van der Waals surface area contributed by atoms with Gasteiger partial charge in [-0.2, -0.15) is 26.3 Å². The van der Waals surface area contributed by atoms with Crippen LogP contribution in [0.5, 0.6) is 0 Å². The average molecular weight is 448 g/mol. The number of β-amino-alcohol motifs (C(OH)–C–C–N with tert-alkyl or cyclic N) is 1. The molecule has 1 aromatic carbocycles. The predicted octanol–water partition coefficient (Wildman–Crippen LogP) is 3.09. The Labute approximate surface area is 164 Å². The molecule has 0 amide bonds. The summed E-state index contributed by atoms with van der Waals surface area (Å²) in [6.07, 6.45) is -11.3. The largest absolute Gasteiger partial charge is 0.418 e. The number of aliphatic hydroxyl groups excluding tert-OH is 1. The van der Waals surface area contributed by atoms with Gasteiger partial charge < -0.3 is 5.11 Å². The lowest BCUT2D eigenvalue weighted by molar-refractivity contribution is -0.163. The van der Waals surface area contributed by atoms with Crippen LogP contribution in [0.3, 0.4) is 0 Å². The zero-order chi connectivity index (χ0) is 22.2. The summed E-state index contributed by atoms with van der Waals surface area (Å²) < 4.78 is 105. The first-order chi connectivity index (χ1) is 13.1. The summed E-state index contributed by atoms with van der Waals surface area (Å²) in [6, 6.07) is 1.37. The molecular formula is C17H22F6N2O3S. The van der Waals surface area contributed by atoms with Gasteiger partial charge in [0.15, 0.2) is 0 Å². The predicted molar refractivity (Wildman–Crippen MR) is 92.5 cm³/mol. The number of aliphatic hydroxyl groups is 1. The Balaban J connectivity index is 2.23. The van der Waals surface area contributed by atoms with Gasteiger partial charge in [0.05, 0.1) is 22.1 Å². The van der Waals surface area contributed by atoms with E-state index in [1.54, 1.807) is 4.72 Å². The molecule has 1 aliphatic rings. The maximum absolute atomic E-state index is 13.3. The molecule has 2 N–H and O–H groups in total. The number of benzene rings is 1. The van der Waals surface area contributed by atoms with Crippen molar-refractivity contribution in [1.29, 1.82) is 0 Å². The average Bonchev–Trinajstić information content (AvgIpc) is 2.88. The van der Waals surface area contributed by atoms with E-state index in [0.29, 0.717) is 24.6 Å². The fraction of sp³-hybridized carbons (Fsp3) is 0.647. The molecule has 5 nitrogen and oxygen atoms in total. The van der Waals surface area contributed by atoms with Crippen LogP contribution in [-0.4, -0.2) is 50.2 Å². The van der Waals surface area contributed by atoms with Crippen LogP contribution in [0.4, 0.5) is 26.3 Å². The summed E-state index contributed by atoms with van der Waals surface area (Å²) in [5.41, 5.74) is -4.37. The van der Waals surface area contributed by atoms with E-state index in [2.05, 4.69) is 0 Å². The van der Waals surface area contributed by atoms with Crippen molar-refractivity contribution >= 4 is 10.0 Å². The molecule has 0 bridgehead atoms. The zero-order valence-electron chi connectivity index (χ0n) is 15.7. The molecule has 29 heavy (non-hydrogen) atoms. The van der Waals surface area contributed by atoms with Gasteiger partial charge in [-0.3, -0.25) is 4.90 Å². The van der Waals surface area contributed by atoms with Crippen molar-refractivity contribution < 1.29 is 39.9 Å². The summed E-state index contributed by atoms with van der Waals surface area (Å²) in [4.78, 5) is 0.380. The van der Waals surface area contributed by atoms with E-state index < -0.39 is 51.0 Å². The lowest BCUT2D eigenvalue weighted by atomic mass is 10.1. The number of nitrogens with one attached hydrogen (secondary N) is 1. The van der Waals surface area contributed by atoms with Crippen molar-refractivity contribution in [2.24, 2.45) is 5.92 Å². The molecule has 1 heterocycles. The molecule has 0 radical (unpaired) electrons. The number of sulfonamides is 1. The van der Waals surface area contributed by atoms with Gasteiger partial charge in [-0.05, 0) is 31.4 Å². The molecule has 0 spiro atoms. The van der Waals surface area contributed by atoms with Gasteiger partial charge in [-0.25, -0.2) is 13.1 Å². The summed E-state index contributed by atoms with van der Waals surface area (Å²) in [6.45, 7) is 4.07.